The number of hydrogen-bond acceptors (Lipinski definition) is 4. The lowest BCUT2D eigenvalue weighted by atomic mass is 10.0. The van der Waals surface area contributed by atoms with E-state index >= 15 is 0 Å². The highest BCUT2D eigenvalue weighted by molar-refractivity contribution is 7.89. The summed E-state index contributed by atoms with van der Waals surface area (Å²) in [7, 11) is -3.63. The molecule has 0 bridgehead atoms. The van der Waals surface area contributed by atoms with Crippen LogP contribution in [0.25, 0.3) is 11.0 Å². The Balaban J connectivity index is 1.54. The minimum Gasteiger partial charge on any atom is -0.342 e. The van der Waals surface area contributed by atoms with Crippen LogP contribution in [0.3, 0.4) is 0 Å². The summed E-state index contributed by atoms with van der Waals surface area (Å²) in [6.45, 7) is 4.45. The van der Waals surface area contributed by atoms with Crippen LogP contribution in [0.5, 0.6) is 0 Å². The van der Waals surface area contributed by atoms with Gasteiger partial charge >= 0.3 is 0 Å². The number of H-pyrrole nitrogens is 1. The number of carbonyl (C=O) groups is 1. The Kier molecular flexibility index (Phi) is 5.62. The van der Waals surface area contributed by atoms with Gasteiger partial charge in [-0.1, -0.05) is 32.0 Å². The number of amides is 1. The Morgan fingerprint density at radius 1 is 1.17 bits per heavy atom. The highest BCUT2D eigenvalue weighted by Gasteiger charge is 2.26. The van der Waals surface area contributed by atoms with Crippen molar-refractivity contribution in [3.63, 3.8) is 0 Å². The number of hydrogen-bond donors (Lipinski definition) is 3. The molecule has 3 aromatic rings. The van der Waals surface area contributed by atoms with Crippen molar-refractivity contribution in [3.8, 4) is 0 Å². The van der Waals surface area contributed by atoms with Gasteiger partial charge in [-0.15, -0.1) is 0 Å². The van der Waals surface area contributed by atoms with E-state index in [1.165, 1.54) is 12.1 Å². The molecular weight excluding hydrogens is 400 g/mol. The van der Waals surface area contributed by atoms with Crippen LogP contribution in [0.15, 0.2) is 53.4 Å². The zero-order valence-electron chi connectivity index (χ0n) is 17.1. The van der Waals surface area contributed by atoms with Gasteiger partial charge in [0.1, 0.15) is 5.82 Å². The van der Waals surface area contributed by atoms with Crippen molar-refractivity contribution < 1.29 is 13.2 Å². The van der Waals surface area contributed by atoms with E-state index in [2.05, 4.69) is 20.0 Å². The molecule has 1 heterocycles. The molecule has 1 amide bonds. The van der Waals surface area contributed by atoms with Crippen molar-refractivity contribution in [1.82, 2.24) is 20.0 Å². The third-order valence-electron chi connectivity index (χ3n) is 5.32. The average Bonchev–Trinajstić information content (AvgIpc) is 3.47. The fourth-order valence-electron chi connectivity index (χ4n) is 3.33. The molecule has 1 aliphatic carbocycles. The van der Waals surface area contributed by atoms with E-state index < -0.39 is 10.0 Å². The smallest absolute Gasteiger partial charge is 0.251 e. The lowest BCUT2D eigenvalue weighted by molar-refractivity contribution is 0.0923. The number of fused-ring (bicyclic) bond motifs is 1. The van der Waals surface area contributed by atoms with Crippen LogP contribution in [0.4, 0.5) is 0 Å². The number of aromatic nitrogens is 2. The van der Waals surface area contributed by atoms with Crippen LogP contribution in [-0.2, 0) is 10.0 Å². The average molecular weight is 427 g/mol. The molecule has 1 aliphatic rings. The molecule has 30 heavy (non-hydrogen) atoms. The summed E-state index contributed by atoms with van der Waals surface area (Å²) in [5.74, 6) is 0.853. The molecule has 7 nitrogen and oxygen atoms in total. The number of nitrogens with one attached hydrogen (secondary N) is 3. The zero-order valence-corrected chi connectivity index (χ0v) is 17.9. The number of nitrogens with zero attached hydrogens (tertiary/aromatic N) is 1. The molecule has 2 aromatic carbocycles. The SMILES string of the molecule is CC(C)C(NC(=O)c1cccc(S(=O)(=O)NCC2CC2)c1)c1nc2ccccc2[nH]1. The largest absolute Gasteiger partial charge is 0.342 e. The highest BCUT2D eigenvalue weighted by atomic mass is 32.2. The second-order valence-electron chi connectivity index (χ2n) is 8.16. The maximum absolute atomic E-state index is 12.9. The van der Waals surface area contributed by atoms with Gasteiger partial charge < -0.3 is 10.3 Å². The van der Waals surface area contributed by atoms with Crippen LogP contribution in [0.2, 0.25) is 0 Å². The molecule has 3 N–H and O–H groups in total. The Hall–Kier alpha value is -2.71. The van der Waals surface area contributed by atoms with Gasteiger partial charge in [0, 0.05) is 12.1 Å². The van der Waals surface area contributed by atoms with Gasteiger partial charge in [0.25, 0.3) is 5.91 Å². The number of rotatable bonds is 8. The molecule has 0 spiro atoms. The summed E-state index contributed by atoms with van der Waals surface area (Å²) in [5, 5.41) is 3.00. The van der Waals surface area contributed by atoms with Gasteiger partial charge in [-0.3, -0.25) is 4.79 Å². The van der Waals surface area contributed by atoms with Crippen molar-refractivity contribution in [1.29, 1.82) is 0 Å². The van der Waals surface area contributed by atoms with Crippen molar-refractivity contribution in [2.24, 2.45) is 11.8 Å². The Morgan fingerprint density at radius 2 is 1.93 bits per heavy atom. The predicted molar refractivity (Wildman–Crippen MR) is 115 cm³/mol. The second-order valence-corrected chi connectivity index (χ2v) is 9.92. The number of para-hydroxylation sites is 2. The van der Waals surface area contributed by atoms with E-state index in [1.807, 2.05) is 38.1 Å². The minimum absolute atomic E-state index is 0.0848. The summed E-state index contributed by atoms with van der Waals surface area (Å²) >= 11 is 0. The molecule has 1 fully saturated rings. The first kappa shape index (κ1) is 20.6. The maximum Gasteiger partial charge on any atom is 0.251 e. The van der Waals surface area contributed by atoms with E-state index in [0.29, 0.717) is 23.9 Å². The van der Waals surface area contributed by atoms with E-state index in [4.69, 9.17) is 0 Å². The van der Waals surface area contributed by atoms with E-state index in [9.17, 15) is 13.2 Å². The van der Waals surface area contributed by atoms with Gasteiger partial charge in [0.2, 0.25) is 10.0 Å². The molecule has 4 rings (SSSR count). The van der Waals surface area contributed by atoms with Crippen LogP contribution < -0.4 is 10.0 Å². The summed E-state index contributed by atoms with van der Waals surface area (Å²) in [5.41, 5.74) is 2.04. The third-order valence-corrected chi connectivity index (χ3v) is 6.74. The number of aromatic amines is 1. The summed E-state index contributed by atoms with van der Waals surface area (Å²) in [6.07, 6.45) is 2.12. The fourth-order valence-corrected chi connectivity index (χ4v) is 4.49. The Bertz CT molecular complexity index is 1130. The molecule has 158 valence electrons. The van der Waals surface area contributed by atoms with Crippen molar-refractivity contribution in [2.75, 3.05) is 6.54 Å². The number of sulfonamides is 1. The van der Waals surface area contributed by atoms with Crippen LogP contribution in [-0.4, -0.2) is 30.8 Å². The van der Waals surface area contributed by atoms with Gasteiger partial charge in [-0.05, 0) is 55.0 Å². The van der Waals surface area contributed by atoms with Gasteiger partial charge in [0.15, 0.2) is 0 Å². The first-order chi connectivity index (χ1) is 14.3. The summed E-state index contributed by atoms with van der Waals surface area (Å²) in [4.78, 5) is 20.9. The predicted octanol–water partition coefficient (Wildman–Crippen LogP) is 3.38. The molecular formula is C22H26N4O3S. The highest BCUT2D eigenvalue weighted by Crippen LogP contribution is 2.28. The zero-order chi connectivity index (χ0) is 21.3. The molecule has 0 radical (unpaired) electrons. The summed E-state index contributed by atoms with van der Waals surface area (Å²) < 4.78 is 27.7. The third kappa shape index (κ3) is 4.55. The van der Waals surface area contributed by atoms with Crippen molar-refractivity contribution in [2.45, 2.75) is 37.6 Å². The summed E-state index contributed by atoms with van der Waals surface area (Å²) in [6, 6.07) is 13.5. The molecule has 1 atom stereocenters. The van der Waals surface area contributed by atoms with Gasteiger partial charge in [-0.2, -0.15) is 0 Å². The van der Waals surface area contributed by atoms with Gasteiger partial charge in [0.05, 0.1) is 22.0 Å². The van der Waals surface area contributed by atoms with Crippen LogP contribution in [0, 0.1) is 11.8 Å². The van der Waals surface area contributed by atoms with Crippen molar-refractivity contribution >= 4 is 27.0 Å². The lowest BCUT2D eigenvalue weighted by Gasteiger charge is -2.20. The van der Waals surface area contributed by atoms with Gasteiger partial charge in [-0.25, -0.2) is 18.1 Å². The second kappa shape index (κ2) is 8.20. The number of carbonyl (C=O) groups excluding carboxylic acids is 1. The first-order valence-corrected chi connectivity index (χ1v) is 11.7. The molecule has 8 heteroatoms. The Morgan fingerprint density at radius 3 is 2.63 bits per heavy atom. The standard InChI is InChI=1S/C22H26N4O3S/c1-14(2)20(21-24-18-8-3-4-9-19(18)25-21)26-22(27)16-6-5-7-17(12-16)30(28,29)23-13-15-10-11-15/h3-9,12,14-15,20,23H,10-11,13H2,1-2H3,(H,24,25)(H,26,27). The quantitative estimate of drug-likeness (QED) is 0.514. The van der Waals surface area contributed by atoms with E-state index in [1.54, 1.807) is 12.1 Å². The van der Waals surface area contributed by atoms with Crippen LogP contribution in [0.1, 0.15) is 48.9 Å². The monoisotopic (exact) mass is 426 g/mol. The number of imidazole rings is 1. The topological polar surface area (TPSA) is 104 Å². The van der Waals surface area contributed by atoms with E-state index in [-0.39, 0.29) is 22.8 Å². The Labute approximate surface area is 176 Å². The number of benzene rings is 2. The molecule has 0 aliphatic heterocycles. The normalized spacial score (nSPS) is 15.4. The lowest BCUT2D eigenvalue weighted by Crippen LogP contribution is -2.33. The molecule has 1 unspecified atom stereocenters. The van der Waals surface area contributed by atoms with Crippen LogP contribution >= 0.6 is 0 Å². The molecule has 0 saturated heterocycles. The molecule has 1 saturated carbocycles. The minimum atomic E-state index is -3.63. The fraction of sp³-hybridized carbons (Fsp3) is 0.364. The van der Waals surface area contributed by atoms with Crippen molar-refractivity contribution in [3.05, 3.63) is 59.9 Å². The van der Waals surface area contributed by atoms with E-state index in [0.717, 1.165) is 23.9 Å². The first-order valence-electron chi connectivity index (χ1n) is 10.2. The maximum atomic E-state index is 12.9. The molecule has 1 aromatic heterocycles.